The van der Waals surface area contributed by atoms with Crippen LogP contribution < -0.4 is 0 Å². The number of benzene rings is 2. The Morgan fingerprint density at radius 1 is 1.09 bits per heavy atom. The summed E-state index contributed by atoms with van der Waals surface area (Å²) in [6.07, 6.45) is 0. The van der Waals surface area contributed by atoms with E-state index >= 15 is 0 Å². The van der Waals surface area contributed by atoms with Crippen molar-refractivity contribution in [1.29, 1.82) is 0 Å². The van der Waals surface area contributed by atoms with Crippen molar-refractivity contribution in [1.82, 2.24) is 9.97 Å². The van der Waals surface area contributed by atoms with Crippen LogP contribution in [-0.2, 0) is 4.74 Å². The van der Waals surface area contributed by atoms with Gasteiger partial charge in [0.25, 0.3) is 0 Å². The molecule has 3 aromatic rings. The molecule has 4 nitrogen and oxygen atoms in total. The molecular formula is C17H13FN2O2. The van der Waals surface area contributed by atoms with Crippen LogP contribution in [0.4, 0.5) is 4.39 Å². The zero-order chi connectivity index (χ0) is 15.5. The maximum Gasteiger partial charge on any atom is 0.359 e. The molecule has 2 aromatic carbocycles. The predicted molar refractivity (Wildman–Crippen MR) is 80.9 cm³/mol. The third kappa shape index (κ3) is 2.65. The fraction of sp³-hybridized carbons (Fsp3) is 0.118. The highest BCUT2D eigenvalue weighted by Crippen LogP contribution is 2.24. The first-order chi connectivity index (χ1) is 10.7. The highest BCUT2D eigenvalue weighted by Gasteiger charge is 2.19. The fourth-order valence-corrected chi connectivity index (χ4v) is 2.17. The Kier molecular flexibility index (Phi) is 3.78. The van der Waals surface area contributed by atoms with E-state index in [1.54, 1.807) is 13.0 Å². The third-order valence-electron chi connectivity index (χ3n) is 3.14. The quantitative estimate of drug-likeness (QED) is 0.693. The van der Waals surface area contributed by atoms with Crippen molar-refractivity contribution in [3.8, 4) is 11.3 Å². The molecule has 1 aromatic heterocycles. The first-order valence-corrected chi connectivity index (χ1v) is 6.89. The van der Waals surface area contributed by atoms with E-state index in [0.717, 1.165) is 5.56 Å². The molecule has 0 radical (unpaired) electrons. The van der Waals surface area contributed by atoms with Crippen molar-refractivity contribution < 1.29 is 13.9 Å². The number of nitrogens with zero attached hydrogens (tertiary/aromatic N) is 2. The van der Waals surface area contributed by atoms with Gasteiger partial charge in [0, 0.05) is 11.6 Å². The van der Waals surface area contributed by atoms with Gasteiger partial charge in [-0.25, -0.2) is 19.2 Å². The standard InChI is InChI=1S/C17H13FN2O2/c1-2-22-17(21)16-15(11-6-4-3-5-7-11)19-13-9-8-12(18)10-14(13)20-16/h3-10H,2H2,1H3. The van der Waals surface area contributed by atoms with Crippen LogP contribution in [0.3, 0.4) is 0 Å². The molecule has 3 rings (SSSR count). The van der Waals surface area contributed by atoms with Crippen LogP contribution in [0.1, 0.15) is 17.4 Å². The van der Waals surface area contributed by atoms with Crippen molar-refractivity contribution in [3.63, 3.8) is 0 Å². The molecule has 22 heavy (non-hydrogen) atoms. The summed E-state index contributed by atoms with van der Waals surface area (Å²) in [7, 11) is 0. The van der Waals surface area contributed by atoms with Crippen molar-refractivity contribution in [2.45, 2.75) is 6.92 Å². The monoisotopic (exact) mass is 296 g/mol. The molecule has 0 bridgehead atoms. The summed E-state index contributed by atoms with van der Waals surface area (Å²) >= 11 is 0. The number of rotatable bonds is 3. The molecule has 0 N–H and O–H groups in total. The lowest BCUT2D eigenvalue weighted by molar-refractivity contribution is 0.0520. The minimum Gasteiger partial charge on any atom is -0.461 e. The molecule has 0 spiro atoms. The first-order valence-electron chi connectivity index (χ1n) is 6.89. The normalized spacial score (nSPS) is 10.6. The van der Waals surface area contributed by atoms with Gasteiger partial charge in [0.2, 0.25) is 0 Å². The van der Waals surface area contributed by atoms with E-state index in [4.69, 9.17) is 4.74 Å². The van der Waals surface area contributed by atoms with Gasteiger partial charge in [0.1, 0.15) is 11.5 Å². The number of carbonyl (C=O) groups excluding carboxylic acids is 1. The molecule has 0 unspecified atom stereocenters. The molecule has 0 saturated heterocycles. The van der Waals surface area contributed by atoms with Crippen molar-refractivity contribution in [2.24, 2.45) is 0 Å². The van der Waals surface area contributed by atoms with E-state index in [0.29, 0.717) is 16.7 Å². The Morgan fingerprint density at radius 3 is 2.59 bits per heavy atom. The lowest BCUT2D eigenvalue weighted by Gasteiger charge is -2.09. The van der Waals surface area contributed by atoms with Crippen LogP contribution in [0, 0.1) is 5.82 Å². The summed E-state index contributed by atoms with van der Waals surface area (Å²) in [6, 6.07) is 13.3. The first kappa shape index (κ1) is 14.1. The maximum absolute atomic E-state index is 13.4. The summed E-state index contributed by atoms with van der Waals surface area (Å²) in [6.45, 7) is 1.95. The molecule has 0 aliphatic rings. The second-order valence-corrected chi connectivity index (χ2v) is 4.64. The van der Waals surface area contributed by atoms with Gasteiger partial charge in [-0.2, -0.15) is 0 Å². The molecule has 110 valence electrons. The van der Waals surface area contributed by atoms with Crippen molar-refractivity contribution in [2.75, 3.05) is 6.61 Å². The summed E-state index contributed by atoms with van der Waals surface area (Å²) in [5.74, 6) is -0.996. The molecule has 0 amide bonds. The molecule has 0 aliphatic carbocycles. The molecule has 5 heteroatoms. The second kappa shape index (κ2) is 5.89. The van der Waals surface area contributed by atoms with Crippen LogP contribution in [-0.4, -0.2) is 22.5 Å². The van der Waals surface area contributed by atoms with E-state index in [-0.39, 0.29) is 12.3 Å². The average molecular weight is 296 g/mol. The van der Waals surface area contributed by atoms with Gasteiger partial charge >= 0.3 is 5.97 Å². The number of halogens is 1. The molecule has 0 atom stereocenters. The molecule has 0 fully saturated rings. The van der Waals surface area contributed by atoms with E-state index in [9.17, 15) is 9.18 Å². The fourth-order valence-electron chi connectivity index (χ4n) is 2.17. The van der Waals surface area contributed by atoms with Gasteiger partial charge in [0.15, 0.2) is 5.69 Å². The number of fused-ring (bicyclic) bond motifs is 1. The summed E-state index contributed by atoms with van der Waals surface area (Å²) in [5.41, 5.74) is 2.12. The minimum absolute atomic E-state index is 0.0890. The van der Waals surface area contributed by atoms with Crippen LogP contribution in [0.2, 0.25) is 0 Å². The largest absolute Gasteiger partial charge is 0.461 e. The number of carbonyl (C=O) groups is 1. The highest BCUT2D eigenvalue weighted by molar-refractivity contribution is 5.96. The minimum atomic E-state index is -0.569. The van der Waals surface area contributed by atoms with Gasteiger partial charge in [0.05, 0.1) is 17.6 Å². The zero-order valence-electron chi connectivity index (χ0n) is 11.9. The van der Waals surface area contributed by atoms with Gasteiger partial charge in [-0.3, -0.25) is 0 Å². The highest BCUT2D eigenvalue weighted by atomic mass is 19.1. The predicted octanol–water partition coefficient (Wildman–Crippen LogP) is 3.61. The van der Waals surface area contributed by atoms with Crippen LogP contribution in [0.25, 0.3) is 22.3 Å². The Labute approximate surface area is 126 Å². The van der Waals surface area contributed by atoms with Gasteiger partial charge in [-0.1, -0.05) is 30.3 Å². The lowest BCUT2D eigenvalue weighted by Crippen LogP contribution is -2.10. The summed E-state index contributed by atoms with van der Waals surface area (Å²) in [4.78, 5) is 20.9. The lowest BCUT2D eigenvalue weighted by atomic mass is 10.1. The summed E-state index contributed by atoms with van der Waals surface area (Å²) < 4.78 is 18.4. The van der Waals surface area contributed by atoms with Crippen molar-refractivity contribution >= 4 is 17.0 Å². The summed E-state index contributed by atoms with van der Waals surface area (Å²) in [5, 5.41) is 0. The van der Waals surface area contributed by atoms with Crippen LogP contribution in [0.5, 0.6) is 0 Å². The SMILES string of the molecule is CCOC(=O)c1nc2cc(F)ccc2nc1-c1ccccc1. The molecule has 0 saturated carbocycles. The third-order valence-corrected chi connectivity index (χ3v) is 3.14. The average Bonchev–Trinajstić information content (AvgIpc) is 2.54. The van der Waals surface area contributed by atoms with Crippen LogP contribution in [0.15, 0.2) is 48.5 Å². The maximum atomic E-state index is 13.4. The molecular weight excluding hydrogens is 283 g/mol. The van der Waals surface area contributed by atoms with Crippen molar-refractivity contribution in [3.05, 3.63) is 60.0 Å². The molecule has 0 aliphatic heterocycles. The van der Waals surface area contributed by atoms with E-state index in [2.05, 4.69) is 9.97 Å². The Morgan fingerprint density at radius 2 is 1.86 bits per heavy atom. The Hall–Kier alpha value is -2.82. The van der Waals surface area contributed by atoms with Crippen LogP contribution >= 0.6 is 0 Å². The van der Waals surface area contributed by atoms with E-state index < -0.39 is 11.8 Å². The second-order valence-electron chi connectivity index (χ2n) is 4.64. The number of ether oxygens (including phenoxy) is 1. The topological polar surface area (TPSA) is 52.1 Å². The van der Waals surface area contributed by atoms with Gasteiger partial charge < -0.3 is 4.74 Å². The number of aromatic nitrogens is 2. The zero-order valence-corrected chi connectivity index (χ0v) is 11.9. The van der Waals surface area contributed by atoms with E-state index in [1.165, 1.54) is 12.1 Å². The smallest absolute Gasteiger partial charge is 0.359 e. The number of hydrogen-bond donors (Lipinski definition) is 0. The Bertz CT molecular complexity index is 835. The molecule has 1 heterocycles. The Balaban J connectivity index is 2.25. The number of hydrogen-bond acceptors (Lipinski definition) is 4. The van der Waals surface area contributed by atoms with Gasteiger partial charge in [-0.15, -0.1) is 0 Å². The number of esters is 1. The van der Waals surface area contributed by atoms with E-state index in [1.807, 2.05) is 30.3 Å². The van der Waals surface area contributed by atoms with Gasteiger partial charge in [-0.05, 0) is 19.1 Å².